The largest absolute Gasteiger partial charge is 0.394 e. The molecular formula is C7H12ClN3O2. The Labute approximate surface area is 81.9 Å². The summed E-state index contributed by atoms with van der Waals surface area (Å²) in [5.41, 5.74) is 7.72. The number of carbonyl (C=O) groups is 1. The minimum absolute atomic E-state index is 0. The van der Waals surface area contributed by atoms with Crippen molar-refractivity contribution in [2.75, 3.05) is 12.0 Å². The van der Waals surface area contributed by atoms with Crippen molar-refractivity contribution in [3.05, 3.63) is 24.5 Å². The van der Waals surface area contributed by atoms with Crippen LogP contribution in [0.4, 0.5) is 0 Å². The fraction of sp³-hybridized carbons (Fsp3) is 0.286. The zero-order chi connectivity index (χ0) is 8.97. The van der Waals surface area contributed by atoms with Gasteiger partial charge in [-0.25, -0.2) is 0 Å². The van der Waals surface area contributed by atoms with E-state index in [2.05, 4.69) is 5.43 Å². The molecule has 4 N–H and O–H groups in total. The molecule has 0 bridgehead atoms. The molecule has 0 radical (unpaired) electrons. The highest BCUT2D eigenvalue weighted by molar-refractivity contribution is 5.88. The highest BCUT2D eigenvalue weighted by Crippen LogP contribution is 1.86. The summed E-state index contributed by atoms with van der Waals surface area (Å²) in [5, 5.41) is 8.54. The third-order valence-corrected chi connectivity index (χ3v) is 1.38. The SMILES string of the molecule is Cl.NC(CO)C(=O)Nn1cccc1. The molecule has 1 aromatic rings. The Kier molecular flexibility index (Phi) is 5.13. The maximum atomic E-state index is 11.0. The molecule has 0 aliphatic heterocycles. The number of hydrogen-bond donors (Lipinski definition) is 3. The average Bonchev–Trinajstić information content (AvgIpc) is 2.55. The number of aromatic nitrogens is 1. The molecule has 1 heterocycles. The van der Waals surface area contributed by atoms with Crippen LogP contribution >= 0.6 is 12.4 Å². The van der Waals surface area contributed by atoms with E-state index in [4.69, 9.17) is 10.8 Å². The first-order valence-corrected chi connectivity index (χ1v) is 3.54. The molecule has 5 nitrogen and oxygen atoms in total. The van der Waals surface area contributed by atoms with E-state index in [1.807, 2.05) is 0 Å². The summed E-state index contributed by atoms with van der Waals surface area (Å²) < 4.78 is 1.47. The topological polar surface area (TPSA) is 80.3 Å². The molecule has 1 unspecified atom stereocenters. The lowest BCUT2D eigenvalue weighted by Gasteiger charge is -2.09. The smallest absolute Gasteiger partial charge is 0.258 e. The number of nitrogens with one attached hydrogen (secondary N) is 1. The summed E-state index contributed by atoms with van der Waals surface area (Å²) >= 11 is 0. The molecule has 0 aliphatic rings. The van der Waals surface area contributed by atoms with Crippen LogP contribution in [-0.2, 0) is 4.79 Å². The molecule has 0 fully saturated rings. The third-order valence-electron chi connectivity index (χ3n) is 1.38. The highest BCUT2D eigenvalue weighted by atomic mass is 35.5. The predicted molar refractivity (Wildman–Crippen MR) is 51.1 cm³/mol. The Morgan fingerprint density at radius 2 is 2.08 bits per heavy atom. The number of aliphatic hydroxyl groups is 1. The van der Waals surface area contributed by atoms with Crippen molar-refractivity contribution in [3.8, 4) is 0 Å². The maximum absolute atomic E-state index is 11.0. The Balaban J connectivity index is 0.00000144. The zero-order valence-corrected chi connectivity index (χ0v) is 7.70. The molecule has 74 valence electrons. The number of nitrogens with two attached hydrogens (primary N) is 1. The average molecular weight is 206 g/mol. The van der Waals surface area contributed by atoms with Gasteiger partial charge >= 0.3 is 0 Å². The standard InChI is InChI=1S/C7H11N3O2.ClH/c8-6(5-11)7(12)9-10-3-1-2-4-10;/h1-4,6,11H,5,8H2,(H,9,12);1H. The van der Waals surface area contributed by atoms with Gasteiger partial charge in [-0.1, -0.05) is 0 Å². The predicted octanol–water partition coefficient (Wildman–Crippen LogP) is -0.700. The van der Waals surface area contributed by atoms with Gasteiger partial charge in [-0.2, -0.15) is 0 Å². The van der Waals surface area contributed by atoms with E-state index in [1.54, 1.807) is 24.5 Å². The summed E-state index contributed by atoms with van der Waals surface area (Å²) in [6.45, 7) is -0.354. The molecule has 6 heteroatoms. The number of rotatable bonds is 3. The lowest BCUT2D eigenvalue weighted by atomic mass is 10.3. The quantitative estimate of drug-likeness (QED) is 0.611. The molecule has 0 saturated carbocycles. The van der Waals surface area contributed by atoms with Crippen LogP contribution in [0.25, 0.3) is 0 Å². The van der Waals surface area contributed by atoms with Crippen LogP contribution in [0.15, 0.2) is 24.5 Å². The molecule has 1 rings (SSSR count). The van der Waals surface area contributed by atoms with Crippen LogP contribution in [0.1, 0.15) is 0 Å². The van der Waals surface area contributed by atoms with E-state index >= 15 is 0 Å². The summed E-state index contributed by atoms with van der Waals surface area (Å²) in [6.07, 6.45) is 3.34. The first-order valence-electron chi connectivity index (χ1n) is 3.54. The van der Waals surface area contributed by atoms with E-state index < -0.39 is 11.9 Å². The van der Waals surface area contributed by atoms with Crippen LogP contribution in [0.3, 0.4) is 0 Å². The lowest BCUT2D eigenvalue weighted by molar-refractivity contribution is -0.119. The monoisotopic (exact) mass is 205 g/mol. The third kappa shape index (κ3) is 3.45. The highest BCUT2D eigenvalue weighted by Gasteiger charge is 2.10. The first kappa shape index (κ1) is 12.0. The van der Waals surface area contributed by atoms with E-state index in [0.29, 0.717) is 0 Å². The van der Waals surface area contributed by atoms with Gasteiger partial charge in [-0.3, -0.25) is 14.9 Å². The second-order valence-corrected chi connectivity index (χ2v) is 2.36. The lowest BCUT2D eigenvalue weighted by Crippen LogP contribution is -2.41. The Morgan fingerprint density at radius 3 is 2.54 bits per heavy atom. The maximum Gasteiger partial charge on any atom is 0.258 e. The number of halogens is 1. The number of amides is 1. The molecule has 0 aromatic carbocycles. The van der Waals surface area contributed by atoms with Gasteiger partial charge < -0.3 is 10.8 Å². The number of aliphatic hydroxyl groups excluding tert-OH is 1. The Hall–Kier alpha value is -1.04. The van der Waals surface area contributed by atoms with Crippen molar-refractivity contribution >= 4 is 18.3 Å². The van der Waals surface area contributed by atoms with Gasteiger partial charge in [0, 0.05) is 12.4 Å². The fourth-order valence-corrected chi connectivity index (χ4v) is 0.702. The van der Waals surface area contributed by atoms with Gasteiger partial charge in [0.15, 0.2) is 0 Å². The summed E-state index contributed by atoms with van der Waals surface area (Å²) in [6, 6.07) is 2.67. The minimum Gasteiger partial charge on any atom is -0.394 e. The molecule has 1 aromatic heterocycles. The van der Waals surface area contributed by atoms with Crippen LogP contribution in [0.2, 0.25) is 0 Å². The van der Waals surface area contributed by atoms with Crippen molar-refractivity contribution in [1.82, 2.24) is 4.68 Å². The van der Waals surface area contributed by atoms with Gasteiger partial charge in [0.2, 0.25) is 0 Å². The van der Waals surface area contributed by atoms with E-state index in [0.717, 1.165) is 0 Å². The molecule has 1 amide bonds. The summed E-state index contributed by atoms with van der Waals surface area (Å²) in [4.78, 5) is 11.0. The van der Waals surface area contributed by atoms with Gasteiger partial charge in [0.1, 0.15) is 6.04 Å². The second-order valence-electron chi connectivity index (χ2n) is 2.36. The second kappa shape index (κ2) is 5.58. The molecule has 13 heavy (non-hydrogen) atoms. The molecule has 0 aliphatic carbocycles. The zero-order valence-electron chi connectivity index (χ0n) is 6.88. The number of nitrogens with zero attached hydrogens (tertiary/aromatic N) is 1. The fourth-order valence-electron chi connectivity index (χ4n) is 0.702. The first-order chi connectivity index (χ1) is 5.74. The van der Waals surface area contributed by atoms with Gasteiger partial charge in [-0.15, -0.1) is 12.4 Å². The van der Waals surface area contributed by atoms with Gasteiger partial charge in [-0.05, 0) is 12.1 Å². The van der Waals surface area contributed by atoms with Crippen molar-refractivity contribution in [1.29, 1.82) is 0 Å². The molecule has 0 spiro atoms. The van der Waals surface area contributed by atoms with Crippen molar-refractivity contribution in [2.24, 2.45) is 5.73 Å². The van der Waals surface area contributed by atoms with Crippen molar-refractivity contribution in [2.45, 2.75) is 6.04 Å². The van der Waals surface area contributed by atoms with Crippen LogP contribution in [0.5, 0.6) is 0 Å². The van der Waals surface area contributed by atoms with Crippen molar-refractivity contribution in [3.63, 3.8) is 0 Å². The Bertz CT molecular complexity index is 250. The normalized spacial score (nSPS) is 11.5. The van der Waals surface area contributed by atoms with Gasteiger partial charge in [0.25, 0.3) is 5.91 Å². The van der Waals surface area contributed by atoms with Crippen LogP contribution < -0.4 is 11.2 Å². The van der Waals surface area contributed by atoms with E-state index in [1.165, 1.54) is 4.68 Å². The van der Waals surface area contributed by atoms with E-state index in [-0.39, 0.29) is 19.0 Å². The Morgan fingerprint density at radius 1 is 1.54 bits per heavy atom. The molecular weight excluding hydrogens is 194 g/mol. The summed E-state index contributed by atoms with van der Waals surface area (Å²) in [7, 11) is 0. The van der Waals surface area contributed by atoms with Crippen LogP contribution in [0, 0.1) is 0 Å². The number of hydrogen-bond acceptors (Lipinski definition) is 3. The number of carbonyl (C=O) groups excluding carboxylic acids is 1. The molecule has 1 atom stereocenters. The summed E-state index contributed by atoms with van der Waals surface area (Å²) in [5.74, 6) is -0.409. The van der Waals surface area contributed by atoms with Crippen LogP contribution in [-0.4, -0.2) is 28.3 Å². The minimum atomic E-state index is -0.868. The van der Waals surface area contributed by atoms with E-state index in [9.17, 15) is 4.79 Å². The van der Waals surface area contributed by atoms with Crippen molar-refractivity contribution < 1.29 is 9.90 Å². The molecule has 0 saturated heterocycles. The van der Waals surface area contributed by atoms with Gasteiger partial charge in [0.05, 0.1) is 6.61 Å².